The van der Waals surface area contributed by atoms with E-state index in [0.717, 1.165) is 21.0 Å². The van der Waals surface area contributed by atoms with Crippen LogP contribution in [0.2, 0.25) is 0 Å². The molecule has 0 bridgehead atoms. The van der Waals surface area contributed by atoms with Crippen LogP contribution in [0.15, 0.2) is 114 Å². The quantitative estimate of drug-likeness (QED) is 0.263. The average molecular weight is 586 g/mol. The third kappa shape index (κ3) is 6.98. The van der Waals surface area contributed by atoms with E-state index < -0.39 is 28.5 Å². The van der Waals surface area contributed by atoms with Gasteiger partial charge in [-0.25, -0.2) is 8.42 Å². The van der Waals surface area contributed by atoms with Gasteiger partial charge in [0.2, 0.25) is 11.8 Å². The highest BCUT2D eigenvalue weighted by Crippen LogP contribution is 2.32. The molecule has 4 aromatic carbocycles. The minimum absolute atomic E-state index is 0.0290. The highest BCUT2D eigenvalue weighted by atomic mass is 32.2. The molecule has 8 nitrogen and oxygen atoms in total. The number of amides is 2. The zero-order valence-corrected chi connectivity index (χ0v) is 24.8. The second-order valence-electron chi connectivity index (χ2n) is 9.76. The van der Waals surface area contributed by atoms with Crippen molar-refractivity contribution in [2.24, 2.45) is 0 Å². The molecule has 1 unspecified atom stereocenters. The second kappa shape index (κ2) is 13.8. The zero-order chi connectivity index (χ0) is 30.1. The molecule has 1 N–H and O–H groups in total. The summed E-state index contributed by atoms with van der Waals surface area (Å²) in [6.07, 6.45) is 0.248. The Labute approximate surface area is 247 Å². The highest BCUT2D eigenvalue weighted by Gasteiger charge is 2.35. The molecule has 0 aliphatic heterocycles. The van der Waals surface area contributed by atoms with Crippen LogP contribution in [0.3, 0.4) is 0 Å². The molecule has 218 valence electrons. The number of rotatable bonds is 12. The van der Waals surface area contributed by atoms with Gasteiger partial charge in [0.15, 0.2) is 0 Å². The van der Waals surface area contributed by atoms with Gasteiger partial charge < -0.3 is 15.0 Å². The molecule has 0 aliphatic carbocycles. The first kappa shape index (κ1) is 30.3. The lowest BCUT2D eigenvalue weighted by Gasteiger charge is -2.34. The molecular formula is C33H35N3O5S. The molecule has 0 aliphatic rings. The number of carbonyl (C=O) groups is 2. The van der Waals surface area contributed by atoms with Crippen LogP contribution in [0.25, 0.3) is 0 Å². The average Bonchev–Trinajstić information content (AvgIpc) is 3.02. The molecule has 1 atom stereocenters. The summed E-state index contributed by atoms with van der Waals surface area (Å²) in [6, 6.07) is 30.7. The summed E-state index contributed by atoms with van der Waals surface area (Å²) in [7, 11) is -1.23. The molecule has 4 aromatic rings. The maximum Gasteiger partial charge on any atom is 0.264 e. The van der Waals surface area contributed by atoms with Crippen molar-refractivity contribution in [3.8, 4) is 5.75 Å². The van der Waals surface area contributed by atoms with Crippen LogP contribution in [-0.4, -0.2) is 51.9 Å². The van der Waals surface area contributed by atoms with Crippen LogP contribution in [0, 0.1) is 6.92 Å². The number of hydrogen-bond donors (Lipinski definition) is 1. The SMILES string of the molecule is CNC(=O)C(Cc1ccccc1)N(Cc1ccccc1C)C(=O)CN(c1ccccc1OC)S(=O)(=O)c1ccccc1. The van der Waals surface area contributed by atoms with Gasteiger partial charge in [0.05, 0.1) is 17.7 Å². The first-order valence-electron chi connectivity index (χ1n) is 13.6. The van der Waals surface area contributed by atoms with Crippen molar-refractivity contribution in [3.05, 3.63) is 126 Å². The number of hydrogen-bond acceptors (Lipinski definition) is 5. The van der Waals surface area contributed by atoms with E-state index in [4.69, 9.17) is 4.74 Å². The first-order valence-corrected chi connectivity index (χ1v) is 15.0. The number of para-hydroxylation sites is 2. The molecule has 0 fully saturated rings. The zero-order valence-electron chi connectivity index (χ0n) is 23.9. The molecule has 2 amide bonds. The van der Waals surface area contributed by atoms with Crippen LogP contribution < -0.4 is 14.4 Å². The van der Waals surface area contributed by atoms with Crippen LogP contribution in [0.4, 0.5) is 5.69 Å². The highest BCUT2D eigenvalue weighted by molar-refractivity contribution is 7.92. The summed E-state index contributed by atoms with van der Waals surface area (Å²) in [5.41, 5.74) is 2.88. The van der Waals surface area contributed by atoms with E-state index in [1.165, 1.54) is 31.2 Å². The maximum absolute atomic E-state index is 14.4. The van der Waals surface area contributed by atoms with Gasteiger partial charge in [0, 0.05) is 20.0 Å². The monoisotopic (exact) mass is 585 g/mol. The van der Waals surface area contributed by atoms with Gasteiger partial charge in [-0.05, 0) is 47.9 Å². The fraction of sp³-hybridized carbons (Fsp3) is 0.212. The third-order valence-corrected chi connectivity index (χ3v) is 8.86. The number of benzene rings is 4. The van der Waals surface area contributed by atoms with Crippen molar-refractivity contribution in [1.29, 1.82) is 0 Å². The smallest absolute Gasteiger partial charge is 0.264 e. The number of ether oxygens (including phenoxy) is 1. The molecule has 0 heterocycles. The van der Waals surface area contributed by atoms with Gasteiger partial charge in [-0.15, -0.1) is 0 Å². The van der Waals surface area contributed by atoms with Gasteiger partial charge in [-0.1, -0.05) is 84.9 Å². The standard InChI is InChI=1S/C33H35N3O5S/c1-25-14-10-11-17-27(25)23-35(30(33(38)34-2)22-26-15-6-4-7-16-26)32(37)24-36(29-20-12-13-21-31(29)41-3)42(39,40)28-18-8-5-9-19-28/h4-21,30H,22-24H2,1-3H3,(H,34,38). The Balaban J connectivity index is 1.82. The van der Waals surface area contributed by atoms with E-state index in [-0.39, 0.29) is 29.5 Å². The van der Waals surface area contributed by atoms with Crippen LogP contribution >= 0.6 is 0 Å². The van der Waals surface area contributed by atoms with Gasteiger partial charge in [0.1, 0.15) is 18.3 Å². The molecular weight excluding hydrogens is 550 g/mol. The summed E-state index contributed by atoms with van der Waals surface area (Å²) >= 11 is 0. The largest absolute Gasteiger partial charge is 0.495 e. The molecule has 9 heteroatoms. The molecule has 42 heavy (non-hydrogen) atoms. The van der Waals surface area contributed by atoms with Crippen molar-refractivity contribution in [2.75, 3.05) is 25.0 Å². The molecule has 0 radical (unpaired) electrons. The van der Waals surface area contributed by atoms with E-state index >= 15 is 0 Å². The number of carbonyl (C=O) groups excluding carboxylic acids is 2. The van der Waals surface area contributed by atoms with E-state index in [2.05, 4.69) is 5.32 Å². The number of methoxy groups -OCH3 is 1. The molecule has 0 spiro atoms. The molecule has 0 aromatic heterocycles. The van der Waals surface area contributed by atoms with Crippen molar-refractivity contribution in [1.82, 2.24) is 10.2 Å². The van der Waals surface area contributed by atoms with Crippen LogP contribution in [-0.2, 0) is 32.6 Å². The summed E-state index contributed by atoms with van der Waals surface area (Å²) in [5, 5.41) is 2.70. The van der Waals surface area contributed by atoms with Crippen molar-refractivity contribution in [2.45, 2.75) is 30.8 Å². The summed E-state index contributed by atoms with van der Waals surface area (Å²) in [5.74, 6) is -0.592. The van der Waals surface area contributed by atoms with Gasteiger partial charge in [0.25, 0.3) is 10.0 Å². The number of nitrogens with zero attached hydrogens (tertiary/aromatic N) is 2. The lowest BCUT2D eigenvalue weighted by molar-refractivity contribution is -0.139. The van der Waals surface area contributed by atoms with E-state index in [1.807, 2.05) is 61.5 Å². The Bertz CT molecular complexity index is 1610. The van der Waals surface area contributed by atoms with Crippen LogP contribution in [0.5, 0.6) is 5.75 Å². The topological polar surface area (TPSA) is 96.0 Å². The predicted molar refractivity (Wildman–Crippen MR) is 164 cm³/mol. The second-order valence-corrected chi connectivity index (χ2v) is 11.6. The normalized spacial score (nSPS) is 11.8. The summed E-state index contributed by atoms with van der Waals surface area (Å²) < 4.78 is 34.6. The van der Waals surface area contributed by atoms with E-state index in [9.17, 15) is 18.0 Å². The van der Waals surface area contributed by atoms with Gasteiger partial charge >= 0.3 is 0 Å². The number of likely N-dealkylation sites (N-methyl/N-ethyl adjacent to an activating group) is 1. The summed E-state index contributed by atoms with van der Waals surface area (Å²) in [4.78, 5) is 29.2. The summed E-state index contributed by atoms with van der Waals surface area (Å²) in [6.45, 7) is 1.50. The number of anilines is 1. The van der Waals surface area contributed by atoms with Crippen molar-refractivity contribution in [3.63, 3.8) is 0 Å². The molecule has 4 rings (SSSR count). The van der Waals surface area contributed by atoms with Crippen molar-refractivity contribution < 1.29 is 22.7 Å². The number of aryl methyl sites for hydroxylation is 1. The Morgan fingerprint density at radius 1 is 0.833 bits per heavy atom. The number of nitrogens with one attached hydrogen (secondary N) is 1. The van der Waals surface area contributed by atoms with Crippen LogP contribution in [0.1, 0.15) is 16.7 Å². The van der Waals surface area contributed by atoms with E-state index in [0.29, 0.717) is 5.75 Å². The predicted octanol–water partition coefficient (Wildman–Crippen LogP) is 4.59. The third-order valence-electron chi connectivity index (χ3n) is 7.08. The van der Waals surface area contributed by atoms with E-state index in [1.54, 1.807) is 42.5 Å². The minimum atomic E-state index is -4.20. The molecule has 0 saturated heterocycles. The van der Waals surface area contributed by atoms with Crippen molar-refractivity contribution >= 4 is 27.5 Å². The van der Waals surface area contributed by atoms with Gasteiger partial charge in [-0.3, -0.25) is 13.9 Å². The Morgan fingerprint density at radius 2 is 1.43 bits per heavy atom. The Morgan fingerprint density at radius 3 is 2.07 bits per heavy atom. The fourth-order valence-electron chi connectivity index (χ4n) is 4.76. The Kier molecular flexibility index (Phi) is 9.98. The molecule has 0 saturated carbocycles. The Hall–Kier alpha value is -4.63. The number of sulfonamides is 1. The maximum atomic E-state index is 14.4. The first-order chi connectivity index (χ1) is 20.3. The fourth-order valence-corrected chi connectivity index (χ4v) is 6.21. The van der Waals surface area contributed by atoms with Gasteiger partial charge in [-0.2, -0.15) is 0 Å². The minimum Gasteiger partial charge on any atom is -0.495 e. The lowest BCUT2D eigenvalue weighted by Crippen LogP contribution is -2.53. The lowest BCUT2D eigenvalue weighted by atomic mass is 10.0.